The molecule has 3 aromatic carbocycles. The van der Waals surface area contributed by atoms with Crippen molar-refractivity contribution >= 4 is 16.3 Å². The van der Waals surface area contributed by atoms with Gasteiger partial charge < -0.3 is 0 Å². The van der Waals surface area contributed by atoms with Gasteiger partial charge in [-0.25, -0.2) is 8.78 Å². The highest BCUT2D eigenvalue weighted by atomic mass is 19.4. The minimum absolute atomic E-state index is 0.0229. The minimum atomic E-state index is -4.82. The number of rotatable bonds is 2. The van der Waals surface area contributed by atoms with Gasteiger partial charge in [-0.2, -0.15) is 13.2 Å². The quantitative estimate of drug-likeness (QED) is 0.289. The molecular weight excluding hydrogens is 407 g/mol. The van der Waals surface area contributed by atoms with E-state index in [1.165, 1.54) is 23.6 Å². The number of fused-ring (bicyclic) bond motifs is 1. The van der Waals surface area contributed by atoms with E-state index in [4.69, 9.17) is 0 Å². The van der Waals surface area contributed by atoms with Crippen molar-refractivity contribution in [2.45, 2.75) is 32.4 Å². The highest BCUT2D eigenvalue weighted by molar-refractivity contribution is 5.89. The molecule has 1 unspecified atom stereocenters. The van der Waals surface area contributed by atoms with Gasteiger partial charge in [0.2, 0.25) is 0 Å². The molecule has 0 amide bonds. The molecule has 0 aromatic heterocycles. The summed E-state index contributed by atoms with van der Waals surface area (Å²) in [6, 6.07) is 13.8. The van der Waals surface area contributed by atoms with Crippen molar-refractivity contribution in [2.75, 3.05) is 0 Å². The summed E-state index contributed by atoms with van der Waals surface area (Å²) in [5.41, 5.74) is 3.27. The lowest BCUT2D eigenvalue weighted by atomic mass is 9.87. The maximum absolute atomic E-state index is 14.6. The van der Waals surface area contributed by atoms with Gasteiger partial charge >= 0.3 is 6.18 Å². The molecule has 0 saturated heterocycles. The molecule has 0 radical (unpaired) electrons. The van der Waals surface area contributed by atoms with Crippen molar-refractivity contribution in [3.63, 3.8) is 0 Å². The fourth-order valence-corrected chi connectivity index (χ4v) is 3.86. The molecule has 0 saturated carbocycles. The molecule has 1 aliphatic rings. The van der Waals surface area contributed by atoms with Crippen molar-refractivity contribution in [3.8, 4) is 23.0 Å². The fraction of sp³-hybridized carbons (Fsp3) is 0.231. The highest BCUT2D eigenvalue weighted by Gasteiger charge is 2.24. The third-order valence-corrected chi connectivity index (χ3v) is 5.62. The van der Waals surface area contributed by atoms with E-state index in [0.717, 1.165) is 36.0 Å². The Morgan fingerprint density at radius 1 is 0.903 bits per heavy atom. The first-order valence-corrected chi connectivity index (χ1v) is 10.0. The van der Waals surface area contributed by atoms with E-state index in [9.17, 15) is 22.0 Å². The predicted octanol–water partition coefficient (Wildman–Crippen LogP) is 7.90. The van der Waals surface area contributed by atoms with Crippen LogP contribution in [0.1, 0.15) is 37.3 Å². The van der Waals surface area contributed by atoms with Crippen LogP contribution >= 0.6 is 0 Å². The first-order valence-electron chi connectivity index (χ1n) is 10.0. The van der Waals surface area contributed by atoms with Crippen LogP contribution in [0.25, 0.3) is 27.5 Å². The molecule has 0 spiro atoms. The van der Waals surface area contributed by atoms with Gasteiger partial charge in [0.05, 0.1) is 5.56 Å². The van der Waals surface area contributed by atoms with Crippen molar-refractivity contribution in [3.05, 3.63) is 77.4 Å². The average Bonchev–Trinajstić information content (AvgIpc) is 2.73. The van der Waals surface area contributed by atoms with Gasteiger partial charge in [0.25, 0.3) is 0 Å². The molecule has 1 atom stereocenters. The Labute approximate surface area is 177 Å². The van der Waals surface area contributed by atoms with Gasteiger partial charge in [0, 0.05) is 11.3 Å². The summed E-state index contributed by atoms with van der Waals surface area (Å²) < 4.78 is 65.8. The summed E-state index contributed by atoms with van der Waals surface area (Å²) in [7, 11) is 0. The van der Waals surface area contributed by atoms with Crippen LogP contribution in [0.2, 0.25) is 0 Å². The van der Waals surface area contributed by atoms with Gasteiger partial charge in [0.1, 0.15) is 11.6 Å². The Bertz CT molecular complexity index is 1220. The largest absolute Gasteiger partial charge is 0.458 e. The second-order valence-corrected chi connectivity index (χ2v) is 7.92. The van der Waals surface area contributed by atoms with E-state index >= 15 is 0 Å². The summed E-state index contributed by atoms with van der Waals surface area (Å²) in [5, 5.41) is 0.285. The van der Waals surface area contributed by atoms with E-state index in [1.54, 1.807) is 18.1 Å². The second-order valence-electron chi connectivity index (χ2n) is 7.92. The fourth-order valence-electron chi connectivity index (χ4n) is 3.86. The van der Waals surface area contributed by atoms with Crippen LogP contribution < -0.4 is 0 Å². The maximum atomic E-state index is 14.6. The number of halogens is 5. The van der Waals surface area contributed by atoms with E-state index in [0.29, 0.717) is 5.92 Å². The Morgan fingerprint density at radius 2 is 1.58 bits per heavy atom. The molecule has 1 aliphatic carbocycles. The molecule has 0 nitrogen and oxygen atoms in total. The number of hydrogen-bond acceptors (Lipinski definition) is 0. The molecule has 0 bridgehead atoms. The van der Waals surface area contributed by atoms with Crippen LogP contribution in [0.3, 0.4) is 0 Å². The lowest BCUT2D eigenvalue weighted by Crippen LogP contribution is -2.02. The zero-order valence-corrected chi connectivity index (χ0v) is 16.8. The third-order valence-electron chi connectivity index (χ3n) is 5.62. The molecule has 0 heterocycles. The molecule has 5 heteroatoms. The van der Waals surface area contributed by atoms with Crippen molar-refractivity contribution in [2.24, 2.45) is 5.92 Å². The molecule has 0 aliphatic heterocycles. The van der Waals surface area contributed by atoms with E-state index in [1.807, 2.05) is 24.3 Å². The van der Waals surface area contributed by atoms with Crippen LogP contribution in [0.5, 0.6) is 0 Å². The number of hydrogen-bond donors (Lipinski definition) is 0. The van der Waals surface area contributed by atoms with Gasteiger partial charge in [-0.1, -0.05) is 55.3 Å². The monoisotopic (exact) mass is 426 g/mol. The van der Waals surface area contributed by atoms with Crippen LogP contribution in [0, 0.1) is 29.4 Å². The first-order chi connectivity index (χ1) is 14.7. The Kier molecular flexibility index (Phi) is 5.58. The van der Waals surface area contributed by atoms with Crippen LogP contribution in [-0.4, -0.2) is 6.18 Å². The Hall–Kier alpha value is -3.13. The zero-order valence-electron chi connectivity index (χ0n) is 16.8. The maximum Gasteiger partial charge on any atom is 0.458 e. The van der Waals surface area contributed by atoms with Crippen molar-refractivity contribution < 1.29 is 22.0 Å². The molecule has 0 fully saturated rings. The smallest absolute Gasteiger partial charge is 0.205 e. The van der Waals surface area contributed by atoms with Gasteiger partial charge in [-0.15, -0.1) is 0 Å². The lowest BCUT2D eigenvalue weighted by Gasteiger charge is -2.18. The second kappa shape index (κ2) is 8.19. The zero-order chi connectivity index (χ0) is 22.2. The SMILES string of the molecule is CC1CC=C(c2ccc(-c3ccc4c(F)c(C#CC(F)(F)F)c(F)cc4c3)cc2)CC1. The van der Waals surface area contributed by atoms with E-state index in [-0.39, 0.29) is 10.8 Å². The summed E-state index contributed by atoms with van der Waals surface area (Å²) >= 11 is 0. The molecule has 3 aromatic rings. The topological polar surface area (TPSA) is 0 Å². The van der Waals surface area contributed by atoms with Gasteiger partial charge in [-0.3, -0.25) is 0 Å². The first kappa shape index (κ1) is 21.1. The molecule has 4 rings (SSSR count). The highest BCUT2D eigenvalue weighted by Crippen LogP contribution is 2.33. The Balaban J connectivity index is 1.67. The van der Waals surface area contributed by atoms with E-state index in [2.05, 4.69) is 13.0 Å². The molecular formula is C26H19F5. The number of benzene rings is 3. The molecule has 31 heavy (non-hydrogen) atoms. The Morgan fingerprint density at radius 3 is 2.23 bits per heavy atom. The van der Waals surface area contributed by atoms with E-state index < -0.39 is 23.4 Å². The third kappa shape index (κ3) is 4.64. The summed E-state index contributed by atoms with van der Waals surface area (Å²) in [6.45, 7) is 2.24. The summed E-state index contributed by atoms with van der Waals surface area (Å²) in [6.07, 6.45) is 0.757. The number of allylic oxidation sites excluding steroid dienone is 2. The minimum Gasteiger partial charge on any atom is -0.205 e. The summed E-state index contributed by atoms with van der Waals surface area (Å²) in [5.74, 6) is 0.992. The van der Waals surface area contributed by atoms with Crippen molar-refractivity contribution in [1.82, 2.24) is 0 Å². The van der Waals surface area contributed by atoms with Crippen LogP contribution in [0.4, 0.5) is 22.0 Å². The van der Waals surface area contributed by atoms with Gasteiger partial charge in [0.15, 0.2) is 0 Å². The lowest BCUT2D eigenvalue weighted by molar-refractivity contribution is -0.0696. The van der Waals surface area contributed by atoms with Crippen molar-refractivity contribution in [1.29, 1.82) is 0 Å². The predicted molar refractivity (Wildman–Crippen MR) is 113 cm³/mol. The average molecular weight is 426 g/mol. The van der Waals surface area contributed by atoms with Crippen LogP contribution in [0.15, 0.2) is 54.6 Å². The molecule has 0 N–H and O–H groups in total. The summed E-state index contributed by atoms with van der Waals surface area (Å²) in [4.78, 5) is 0. The normalized spacial score (nSPS) is 16.6. The standard InChI is InChI=1S/C26H19F5/c1-16-2-4-17(5-3-16)18-6-8-19(9-7-18)20-10-11-22-21(14-20)15-24(27)23(25(22)28)12-13-26(29,30)31/h4,6-11,14-16H,2-3,5H2,1H3. The molecule has 158 valence electrons. The number of alkyl halides is 3. The van der Waals surface area contributed by atoms with Crippen LogP contribution in [-0.2, 0) is 0 Å². The van der Waals surface area contributed by atoms with Gasteiger partial charge in [-0.05, 0) is 65.0 Å².